The van der Waals surface area contributed by atoms with Gasteiger partial charge in [-0.1, -0.05) is 25.8 Å². The molecule has 0 radical (unpaired) electrons. The molecule has 0 spiro atoms. The number of rotatable bonds is 4. The molecule has 0 amide bonds. The van der Waals surface area contributed by atoms with Crippen molar-refractivity contribution in [3.63, 3.8) is 0 Å². The smallest absolute Gasteiger partial charge is 0.115 e. The molecule has 0 saturated heterocycles. The number of benzene rings is 1. The normalized spacial score (nSPS) is 32.1. The molecule has 0 bridgehead atoms. The zero-order valence-corrected chi connectivity index (χ0v) is 13.1. The van der Waals surface area contributed by atoms with Crippen LogP contribution in [0.4, 0.5) is 0 Å². The van der Waals surface area contributed by atoms with E-state index in [2.05, 4.69) is 13.0 Å². The highest BCUT2D eigenvalue weighted by molar-refractivity contribution is 5.39. The van der Waals surface area contributed by atoms with E-state index in [0.717, 1.165) is 25.2 Å². The van der Waals surface area contributed by atoms with Crippen LogP contribution in [0, 0.1) is 11.8 Å². The quantitative estimate of drug-likeness (QED) is 0.862. The fraction of sp³-hybridized carbons (Fsp3) is 0.684. The van der Waals surface area contributed by atoms with Gasteiger partial charge in [-0.3, -0.25) is 0 Å². The third-order valence-corrected chi connectivity index (χ3v) is 5.71. The summed E-state index contributed by atoms with van der Waals surface area (Å²) in [6.07, 6.45) is 9.20. The third kappa shape index (κ3) is 3.11. The number of unbranched alkanes of at least 4 members (excludes halogenated alkanes) is 1. The Morgan fingerprint density at radius 2 is 2.05 bits per heavy atom. The minimum Gasteiger partial charge on any atom is -0.508 e. The molecule has 4 atom stereocenters. The van der Waals surface area contributed by atoms with Gasteiger partial charge in [0.2, 0.25) is 0 Å². The first kappa shape index (κ1) is 14.9. The number of phenolic OH excluding ortho intramolecular Hbond substituents is 1. The Hall–Kier alpha value is -1.02. The number of aliphatic hydroxyl groups is 1. The molecule has 1 aromatic rings. The second kappa shape index (κ2) is 6.39. The minimum absolute atomic E-state index is 0.0666. The molecule has 1 saturated carbocycles. The van der Waals surface area contributed by atoms with Crippen LogP contribution in [-0.4, -0.2) is 16.3 Å². The van der Waals surface area contributed by atoms with Crippen LogP contribution in [0.3, 0.4) is 0 Å². The number of aliphatic hydroxyl groups excluding tert-OH is 1. The van der Waals surface area contributed by atoms with Crippen LogP contribution in [0.1, 0.15) is 68.9 Å². The van der Waals surface area contributed by atoms with Crippen molar-refractivity contribution in [1.82, 2.24) is 0 Å². The van der Waals surface area contributed by atoms with E-state index in [-0.39, 0.29) is 6.10 Å². The maximum atomic E-state index is 9.89. The first-order chi connectivity index (χ1) is 10.2. The summed E-state index contributed by atoms with van der Waals surface area (Å²) in [5, 5.41) is 19.6. The lowest BCUT2D eigenvalue weighted by molar-refractivity contribution is 0.161. The van der Waals surface area contributed by atoms with Crippen molar-refractivity contribution < 1.29 is 10.2 Å². The number of phenols is 1. The van der Waals surface area contributed by atoms with Gasteiger partial charge >= 0.3 is 0 Å². The summed E-state index contributed by atoms with van der Waals surface area (Å²) >= 11 is 0. The van der Waals surface area contributed by atoms with Crippen molar-refractivity contribution >= 4 is 0 Å². The van der Waals surface area contributed by atoms with Gasteiger partial charge in [-0.15, -0.1) is 0 Å². The molecule has 2 aliphatic carbocycles. The maximum Gasteiger partial charge on any atom is 0.115 e. The second-order valence-electron chi connectivity index (χ2n) is 7.06. The van der Waals surface area contributed by atoms with E-state index in [1.807, 2.05) is 12.1 Å². The van der Waals surface area contributed by atoms with Gasteiger partial charge in [0.05, 0.1) is 6.10 Å². The van der Waals surface area contributed by atoms with E-state index in [9.17, 15) is 10.2 Å². The van der Waals surface area contributed by atoms with E-state index in [0.29, 0.717) is 17.6 Å². The molecule has 116 valence electrons. The Balaban J connectivity index is 1.85. The van der Waals surface area contributed by atoms with Gasteiger partial charge in [0.15, 0.2) is 0 Å². The molecule has 0 unspecified atom stereocenters. The molecule has 0 aliphatic heterocycles. The SMILES string of the molecule is CCCC[C@@H]1c2ccc(O)cc2CC[C@H]1[C@@H]1CC[C@H](O)C1. The van der Waals surface area contributed by atoms with E-state index in [1.165, 1.54) is 43.2 Å². The average Bonchev–Trinajstić information content (AvgIpc) is 2.90. The fourth-order valence-electron chi connectivity index (χ4n) is 4.66. The van der Waals surface area contributed by atoms with Crippen molar-refractivity contribution in [2.24, 2.45) is 11.8 Å². The second-order valence-corrected chi connectivity index (χ2v) is 7.06. The molecule has 2 heteroatoms. The predicted octanol–water partition coefficient (Wildman–Crippen LogP) is 4.39. The minimum atomic E-state index is -0.0666. The van der Waals surface area contributed by atoms with Crippen LogP contribution in [-0.2, 0) is 6.42 Å². The number of hydrogen-bond donors (Lipinski definition) is 2. The molecule has 3 rings (SSSR count). The van der Waals surface area contributed by atoms with Gasteiger partial charge in [0, 0.05) is 0 Å². The Morgan fingerprint density at radius 1 is 1.19 bits per heavy atom. The summed E-state index contributed by atoms with van der Waals surface area (Å²) in [4.78, 5) is 0. The predicted molar refractivity (Wildman–Crippen MR) is 85.5 cm³/mol. The Labute approximate surface area is 128 Å². The van der Waals surface area contributed by atoms with Crippen LogP contribution in [0.25, 0.3) is 0 Å². The van der Waals surface area contributed by atoms with Gasteiger partial charge in [0.1, 0.15) is 5.75 Å². The maximum absolute atomic E-state index is 9.89. The third-order valence-electron chi connectivity index (χ3n) is 5.71. The van der Waals surface area contributed by atoms with Crippen molar-refractivity contribution in [3.8, 4) is 5.75 Å². The van der Waals surface area contributed by atoms with Gasteiger partial charge in [0.25, 0.3) is 0 Å². The van der Waals surface area contributed by atoms with Crippen LogP contribution < -0.4 is 0 Å². The number of aryl methyl sites for hydroxylation is 1. The summed E-state index contributed by atoms with van der Waals surface area (Å²) in [6.45, 7) is 2.26. The lowest BCUT2D eigenvalue weighted by Crippen LogP contribution is -2.27. The van der Waals surface area contributed by atoms with Gasteiger partial charge < -0.3 is 10.2 Å². The zero-order chi connectivity index (χ0) is 14.8. The van der Waals surface area contributed by atoms with Gasteiger partial charge in [-0.2, -0.15) is 0 Å². The molecule has 2 nitrogen and oxygen atoms in total. The van der Waals surface area contributed by atoms with Crippen LogP contribution in [0.15, 0.2) is 18.2 Å². The van der Waals surface area contributed by atoms with Crippen LogP contribution in [0.5, 0.6) is 5.75 Å². The van der Waals surface area contributed by atoms with E-state index in [1.54, 1.807) is 0 Å². The highest BCUT2D eigenvalue weighted by atomic mass is 16.3. The molecule has 1 fully saturated rings. The highest BCUT2D eigenvalue weighted by Crippen LogP contribution is 2.48. The zero-order valence-electron chi connectivity index (χ0n) is 13.1. The summed E-state index contributed by atoms with van der Waals surface area (Å²) in [6, 6.07) is 5.97. The van der Waals surface area contributed by atoms with Crippen LogP contribution >= 0.6 is 0 Å². The summed E-state index contributed by atoms with van der Waals surface area (Å²) in [5.41, 5.74) is 2.82. The van der Waals surface area contributed by atoms with Gasteiger partial charge in [-0.05, 0) is 79.5 Å². The molecule has 2 N–H and O–H groups in total. The summed E-state index contributed by atoms with van der Waals surface area (Å²) < 4.78 is 0. The van der Waals surface area contributed by atoms with Crippen molar-refractivity contribution in [1.29, 1.82) is 0 Å². The lowest BCUT2D eigenvalue weighted by atomic mass is 9.67. The summed E-state index contributed by atoms with van der Waals surface area (Å²) in [7, 11) is 0. The van der Waals surface area contributed by atoms with Crippen molar-refractivity contribution in [2.45, 2.75) is 70.3 Å². The molecule has 1 aromatic carbocycles. The first-order valence-corrected chi connectivity index (χ1v) is 8.69. The number of fused-ring (bicyclic) bond motifs is 1. The Bertz CT molecular complexity index is 482. The van der Waals surface area contributed by atoms with Crippen molar-refractivity contribution in [2.75, 3.05) is 0 Å². The molecule has 21 heavy (non-hydrogen) atoms. The Kier molecular flexibility index (Phi) is 4.54. The molecule has 0 heterocycles. The van der Waals surface area contributed by atoms with Crippen LogP contribution in [0.2, 0.25) is 0 Å². The average molecular weight is 288 g/mol. The lowest BCUT2D eigenvalue weighted by Gasteiger charge is -2.37. The first-order valence-electron chi connectivity index (χ1n) is 8.69. The molecular weight excluding hydrogens is 260 g/mol. The standard InChI is InChI=1S/C19H28O2/c1-2-3-4-19-17(13-5-7-15(20)11-13)9-6-14-12-16(21)8-10-18(14)19/h8,10,12-13,15,17,19-21H,2-7,9,11H2,1H3/t13-,15+,17+,19+/m1/s1. The Morgan fingerprint density at radius 3 is 2.76 bits per heavy atom. The molecule has 0 aromatic heterocycles. The number of aromatic hydroxyl groups is 1. The largest absolute Gasteiger partial charge is 0.508 e. The van der Waals surface area contributed by atoms with E-state index in [4.69, 9.17) is 0 Å². The van der Waals surface area contributed by atoms with Crippen molar-refractivity contribution in [3.05, 3.63) is 29.3 Å². The van der Waals surface area contributed by atoms with Gasteiger partial charge in [-0.25, -0.2) is 0 Å². The summed E-state index contributed by atoms with van der Waals surface area (Å²) in [5.74, 6) is 2.46. The highest BCUT2D eigenvalue weighted by Gasteiger charge is 2.37. The van der Waals surface area contributed by atoms with E-state index < -0.39 is 0 Å². The number of hydrogen-bond acceptors (Lipinski definition) is 2. The fourth-order valence-corrected chi connectivity index (χ4v) is 4.66. The topological polar surface area (TPSA) is 40.5 Å². The molecule has 2 aliphatic rings. The van der Waals surface area contributed by atoms with E-state index >= 15 is 0 Å². The molecular formula is C19H28O2. The monoisotopic (exact) mass is 288 g/mol.